The van der Waals surface area contributed by atoms with Gasteiger partial charge in [-0.3, -0.25) is 4.55 Å². The van der Waals surface area contributed by atoms with E-state index in [2.05, 4.69) is 0 Å². The molecule has 1 unspecified atom stereocenters. The van der Waals surface area contributed by atoms with Crippen molar-refractivity contribution in [3.05, 3.63) is 0 Å². The van der Waals surface area contributed by atoms with Crippen LogP contribution in [0.2, 0.25) is 0 Å². The molecule has 0 heterocycles. The molecule has 0 aromatic heterocycles. The molecule has 7 heteroatoms. The molecule has 0 aliphatic carbocycles. The average molecular weight is 176 g/mol. The fourth-order valence-electron chi connectivity index (χ4n) is 0. The van der Waals surface area contributed by atoms with Crippen molar-refractivity contribution in [2.24, 2.45) is 0 Å². The standard InChI is InChI=1S/C3H8O2.FHO3S/c1-3(5)2-4;1-5(2,3)4/h3-5H,2H2,1H3;(H,2,3,4). The summed E-state index contributed by atoms with van der Waals surface area (Å²) in [5, 5.41) is 16.0. The Bertz CT molecular complexity index is 142. The molecule has 0 saturated heterocycles. The van der Waals surface area contributed by atoms with Gasteiger partial charge in [-0.15, -0.1) is 0 Å². The summed E-state index contributed by atoms with van der Waals surface area (Å²) in [6, 6.07) is 0. The van der Waals surface area contributed by atoms with Crippen LogP contribution < -0.4 is 0 Å². The van der Waals surface area contributed by atoms with Crippen molar-refractivity contribution in [2.75, 3.05) is 6.61 Å². The first kappa shape index (κ1) is 12.4. The highest BCUT2D eigenvalue weighted by molar-refractivity contribution is 7.80. The van der Waals surface area contributed by atoms with Crippen LogP contribution in [0.5, 0.6) is 0 Å². The third kappa shape index (κ3) is 114. The summed E-state index contributed by atoms with van der Waals surface area (Å²) >= 11 is 0. The SMILES string of the molecule is CC(O)CO.O=S(=O)(O)F. The molecule has 5 nitrogen and oxygen atoms in total. The van der Waals surface area contributed by atoms with E-state index < -0.39 is 16.6 Å². The Hall–Kier alpha value is -0.240. The lowest BCUT2D eigenvalue weighted by Crippen LogP contribution is -2.03. The Morgan fingerprint density at radius 2 is 1.70 bits per heavy atom. The first-order valence-corrected chi connectivity index (χ1v) is 3.57. The van der Waals surface area contributed by atoms with Crippen molar-refractivity contribution < 1.29 is 27.1 Å². The van der Waals surface area contributed by atoms with Gasteiger partial charge in [-0.2, -0.15) is 8.42 Å². The van der Waals surface area contributed by atoms with Gasteiger partial charge < -0.3 is 10.2 Å². The maximum Gasteiger partial charge on any atom is 0.435 e. The van der Waals surface area contributed by atoms with Crippen LogP contribution in [0.1, 0.15) is 6.92 Å². The third-order valence-corrected chi connectivity index (χ3v) is 0.264. The molecule has 0 rings (SSSR count). The predicted octanol–water partition coefficient (Wildman–Crippen LogP) is -0.882. The first-order valence-electron chi connectivity index (χ1n) is 2.23. The van der Waals surface area contributed by atoms with E-state index in [1.807, 2.05) is 0 Å². The highest BCUT2D eigenvalue weighted by atomic mass is 32.3. The first-order chi connectivity index (χ1) is 4.27. The minimum Gasteiger partial charge on any atom is -0.394 e. The molecule has 0 spiro atoms. The lowest BCUT2D eigenvalue weighted by molar-refractivity contribution is 0.110. The quantitative estimate of drug-likeness (QED) is 0.356. The van der Waals surface area contributed by atoms with Gasteiger partial charge in [-0.05, 0) is 6.92 Å². The van der Waals surface area contributed by atoms with Crippen LogP contribution >= 0.6 is 0 Å². The number of hydrogen-bond acceptors (Lipinski definition) is 4. The van der Waals surface area contributed by atoms with Gasteiger partial charge in [0.05, 0.1) is 12.7 Å². The summed E-state index contributed by atoms with van der Waals surface area (Å²) in [6.45, 7) is 1.39. The smallest absolute Gasteiger partial charge is 0.394 e. The van der Waals surface area contributed by atoms with Crippen LogP contribution in [-0.4, -0.2) is 35.9 Å². The van der Waals surface area contributed by atoms with Gasteiger partial charge in [0.15, 0.2) is 0 Å². The Balaban J connectivity index is 0. The molecule has 64 valence electrons. The molecule has 0 fully saturated rings. The van der Waals surface area contributed by atoms with E-state index in [-0.39, 0.29) is 6.61 Å². The third-order valence-electron chi connectivity index (χ3n) is 0.264. The minimum atomic E-state index is -5.17. The van der Waals surface area contributed by atoms with Crippen molar-refractivity contribution in [3.63, 3.8) is 0 Å². The van der Waals surface area contributed by atoms with E-state index in [4.69, 9.17) is 23.2 Å². The van der Waals surface area contributed by atoms with E-state index in [0.717, 1.165) is 0 Å². The molecular formula is C3H9FO5S. The molecule has 0 radical (unpaired) electrons. The topological polar surface area (TPSA) is 94.8 Å². The highest BCUT2D eigenvalue weighted by Crippen LogP contribution is 1.74. The zero-order valence-electron chi connectivity index (χ0n) is 5.23. The molecular weight excluding hydrogens is 167 g/mol. The van der Waals surface area contributed by atoms with Gasteiger partial charge in [0.1, 0.15) is 0 Å². The summed E-state index contributed by atoms with van der Waals surface area (Å²) in [5.41, 5.74) is 0. The molecule has 0 aromatic rings. The van der Waals surface area contributed by atoms with Crippen molar-refractivity contribution in [3.8, 4) is 0 Å². The predicted molar refractivity (Wildman–Crippen MR) is 31.4 cm³/mol. The molecule has 0 aliphatic rings. The molecule has 3 N–H and O–H groups in total. The molecule has 1 atom stereocenters. The molecule has 0 aliphatic heterocycles. The van der Waals surface area contributed by atoms with Gasteiger partial charge >= 0.3 is 10.5 Å². The zero-order chi connectivity index (χ0) is 8.78. The van der Waals surface area contributed by atoms with Crippen LogP contribution in [0.4, 0.5) is 3.89 Å². The van der Waals surface area contributed by atoms with Crippen molar-refractivity contribution >= 4 is 10.5 Å². The Kier molecular flexibility index (Phi) is 6.89. The second kappa shape index (κ2) is 5.54. The second-order valence-corrected chi connectivity index (χ2v) is 2.27. The van der Waals surface area contributed by atoms with Crippen molar-refractivity contribution in [1.82, 2.24) is 0 Å². The highest BCUT2D eigenvalue weighted by Gasteiger charge is 1.89. The van der Waals surface area contributed by atoms with E-state index >= 15 is 0 Å². The lowest BCUT2D eigenvalue weighted by Gasteiger charge is -1.90. The summed E-state index contributed by atoms with van der Waals surface area (Å²) < 4.78 is 34.1. The molecule has 0 amide bonds. The van der Waals surface area contributed by atoms with Crippen LogP contribution in [-0.2, 0) is 10.5 Å². The molecule has 0 aromatic carbocycles. The summed E-state index contributed by atoms with van der Waals surface area (Å²) in [4.78, 5) is 0. The lowest BCUT2D eigenvalue weighted by atomic mass is 10.5. The molecule has 0 bridgehead atoms. The van der Waals surface area contributed by atoms with Gasteiger partial charge in [0.25, 0.3) is 0 Å². The maximum atomic E-state index is 10.2. The summed E-state index contributed by atoms with van der Waals surface area (Å²) in [5.74, 6) is 0. The zero-order valence-corrected chi connectivity index (χ0v) is 6.05. The van der Waals surface area contributed by atoms with Gasteiger partial charge in [0.2, 0.25) is 0 Å². The molecule has 0 saturated carbocycles. The number of hydrogen-bond donors (Lipinski definition) is 3. The number of halogens is 1. The maximum absolute atomic E-state index is 10.2. The Morgan fingerprint density at radius 1 is 1.60 bits per heavy atom. The number of rotatable bonds is 1. The molecule has 10 heavy (non-hydrogen) atoms. The summed E-state index contributed by atoms with van der Waals surface area (Å²) in [6.07, 6.45) is -0.560. The Morgan fingerprint density at radius 3 is 1.70 bits per heavy atom. The fraction of sp³-hybridized carbons (Fsp3) is 1.00. The monoisotopic (exact) mass is 176 g/mol. The van der Waals surface area contributed by atoms with Crippen LogP contribution in [0.25, 0.3) is 0 Å². The van der Waals surface area contributed by atoms with Gasteiger partial charge in [-0.1, -0.05) is 3.89 Å². The van der Waals surface area contributed by atoms with E-state index in [9.17, 15) is 3.89 Å². The van der Waals surface area contributed by atoms with Gasteiger partial charge in [0, 0.05) is 0 Å². The minimum absolute atomic E-state index is 0.139. The van der Waals surface area contributed by atoms with E-state index in [1.54, 1.807) is 0 Å². The van der Waals surface area contributed by atoms with Crippen LogP contribution in [0.15, 0.2) is 0 Å². The fourth-order valence-corrected chi connectivity index (χ4v) is 0. The second-order valence-electron chi connectivity index (χ2n) is 1.44. The van der Waals surface area contributed by atoms with E-state index in [0.29, 0.717) is 0 Å². The van der Waals surface area contributed by atoms with Crippen molar-refractivity contribution in [2.45, 2.75) is 13.0 Å². The van der Waals surface area contributed by atoms with Crippen molar-refractivity contribution in [1.29, 1.82) is 0 Å². The normalized spacial score (nSPS) is 13.3. The summed E-state index contributed by atoms with van der Waals surface area (Å²) in [7, 11) is -5.17. The number of aliphatic hydroxyl groups is 2. The van der Waals surface area contributed by atoms with Crippen LogP contribution in [0.3, 0.4) is 0 Å². The van der Waals surface area contributed by atoms with Gasteiger partial charge in [-0.25, -0.2) is 0 Å². The van der Waals surface area contributed by atoms with Crippen LogP contribution in [0, 0.1) is 0 Å². The number of aliphatic hydroxyl groups excluding tert-OH is 2. The Labute approximate surface area is 58.2 Å². The largest absolute Gasteiger partial charge is 0.435 e. The average Bonchev–Trinajstić information content (AvgIpc) is 1.61. The van der Waals surface area contributed by atoms with E-state index in [1.165, 1.54) is 6.92 Å².